The lowest BCUT2D eigenvalue weighted by Gasteiger charge is -2.21. The zero-order chi connectivity index (χ0) is 15.6. The van der Waals surface area contributed by atoms with Crippen molar-refractivity contribution in [2.75, 3.05) is 0 Å². The van der Waals surface area contributed by atoms with Gasteiger partial charge in [0.05, 0.1) is 4.90 Å². The van der Waals surface area contributed by atoms with Crippen molar-refractivity contribution in [1.29, 1.82) is 0 Å². The van der Waals surface area contributed by atoms with E-state index in [1.54, 1.807) is 18.2 Å². The number of nitrogens with one attached hydrogen (secondary N) is 1. The third-order valence-corrected chi connectivity index (χ3v) is 6.24. The predicted octanol–water partition coefficient (Wildman–Crippen LogP) is 2.81. The molecular weight excluding hydrogens is 284 g/mol. The number of nitrogens with two attached hydrogens (primary N) is 1. The minimum atomic E-state index is -3.47. The number of sulfonamides is 1. The first-order valence-electron chi connectivity index (χ1n) is 7.73. The van der Waals surface area contributed by atoms with Crippen molar-refractivity contribution in [3.63, 3.8) is 0 Å². The SMILES string of the molecule is CCC1CCC(NS(=O)(=O)c2cccc(C(C)N)c2)C1C. The maximum absolute atomic E-state index is 12.6. The van der Waals surface area contributed by atoms with Gasteiger partial charge in [-0.25, -0.2) is 13.1 Å². The Labute approximate surface area is 128 Å². The molecule has 1 fully saturated rings. The molecule has 0 aliphatic heterocycles. The summed E-state index contributed by atoms with van der Waals surface area (Å²) in [6, 6.07) is 6.78. The first-order valence-corrected chi connectivity index (χ1v) is 9.21. The first kappa shape index (κ1) is 16.5. The molecule has 0 radical (unpaired) electrons. The molecule has 0 bridgehead atoms. The van der Waals surface area contributed by atoms with Crippen molar-refractivity contribution in [2.45, 2.75) is 57.0 Å². The zero-order valence-corrected chi connectivity index (χ0v) is 13.9. The summed E-state index contributed by atoms with van der Waals surface area (Å²) in [4.78, 5) is 0.310. The van der Waals surface area contributed by atoms with Gasteiger partial charge in [0.25, 0.3) is 0 Å². The van der Waals surface area contributed by atoms with Gasteiger partial charge in [-0.15, -0.1) is 0 Å². The normalized spacial score (nSPS) is 27.7. The summed E-state index contributed by atoms with van der Waals surface area (Å²) < 4.78 is 28.0. The molecule has 2 rings (SSSR count). The van der Waals surface area contributed by atoms with Crippen LogP contribution in [-0.4, -0.2) is 14.5 Å². The molecule has 1 aliphatic carbocycles. The Balaban J connectivity index is 2.17. The Morgan fingerprint density at radius 2 is 2.10 bits per heavy atom. The quantitative estimate of drug-likeness (QED) is 0.878. The summed E-state index contributed by atoms with van der Waals surface area (Å²) in [7, 11) is -3.47. The van der Waals surface area contributed by atoms with Crippen molar-refractivity contribution >= 4 is 10.0 Å². The lowest BCUT2D eigenvalue weighted by Crippen LogP contribution is -2.37. The van der Waals surface area contributed by atoms with E-state index >= 15 is 0 Å². The summed E-state index contributed by atoms with van der Waals surface area (Å²) in [5.74, 6) is 1.01. The van der Waals surface area contributed by atoms with Crippen molar-refractivity contribution < 1.29 is 8.42 Å². The second-order valence-electron chi connectivity index (χ2n) is 6.19. The topological polar surface area (TPSA) is 72.2 Å². The van der Waals surface area contributed by atoms with E-state index in [4.69, 9.17) is 5.73 Å². The third kappa shape index (κ3) is 3.65. The summed E-state index contributed by atoms with van der Waals surface area (Å²) in [5, 5.41) is 0. The number of hydrogen-bond donors (Lipinski definition) is 2. The van der Waals surface area contributed by atoms with E-state index in [9.17, 15) is 8.42 Å². The molecule has 21 heavy (non-hydrogen) atoms. The lowest BCUT2D eigenvalue weighted by atomic mass is 9.94. The Hall–Kier alpha value is -0.910. The van der Waals surface area contributed by atoms with E-state index < -0.39 is 10.0 Å². The predicted molar refractivity (Wildman–Crippen MR) is 85.3 cm³/mol. The van der Waals surface area contributed by atoms with Crippen molar-refractivity contribution in [1.82, 2.24) is 4.72 Å². The van der Waals surface area contributed by atoms with Gasteiger partial charge in [-0.1, -0.05) is 32.4 Å². The Kier molecular flexibility index (Phi) is 5.07. The van der Waals surface area contributed by atoms with Crippen LogP contribution >= 0.6 is 0 Å². The second-order valence-corrected chi connectivity index (χ2v) is 7.91. The number of hydrogen-bond acceptors (Lipinski definition) is 3. The van der Waals surface area contributed by atoms with Gasteiger partial charge >= 0.3 is 0 Å². The maximum Gasteiger partial charge on any atom is 0.240 e. The van der Waals surface area contributed by atoms with Crippen LogP contribution in [0.4, 0.5) is 0 Å². The standard InChI is InChI=1S/C16H26N2O2S/c1-4-13-8-9-16(11(13)2)18-21(19,20)15-7-5-6-14(10-15)12(3)17/h5-7,10-13,16,18H,4,8-9,17H2,1-3H3. The summed E-state index contributed by atoms with van der Waals surface area (Å²) in [5.41, 5.74) is 6.67. The van der Waals surface area contributed by atoms with Crippen LogP contribution in [-0.2, 0) is 10.0 Å². The van der Waals surface area contributed by atoms with E-state index in [0.29, 0.717) is 16.7 Å². The van der Waals surface area contributed by atoms with Crippen molar-refractivity contribution in [3.05, 3.63) is 29.8 Å². The van der Waals surface area contributed by atoms with Crippen molar-refractivity contribution in [2.24, 2.45) is 17.6 Å². The highest BCUT2D eigenvalue weighted by Gasteiger charge is 2.34. The van der Waals surface area contributed by atoms with Crippen LogP contribution in [0.2, 0.25) is 0 Å². The highest BCUT2D eigenvalue weighted by atomic mass is 32.2. The molecule has 0 heterocycles. The van der Waals surface area contributed by atoms with Crippen LogP contribution in [0.25, 0.3) is 0 Å². The molecule has 5 heteroatoms. The summed E-state index contributed by atoms with van der Waals surface area (Å²) >= 11 is 0. The zero-order valence-electron chi connectivity index (χ0n) is 13.0. The molecule has 1 aliphatic rings. The Bertz CT molecular complexity index is 584. The number of rotatable bonds is 5. The first-order chi connectivity index (χ1) is 9.85. The minimum Gasteiger partial charge on any atom is -0.324 e. The van der Waals surface area contributed by atoms with E-state index in [2.05, 4.69) is 18.6 Å². The van der Waals surface area contributed by atoms with E-state index in [-0.39, 0.29) is 12.1 Å². The molecule has 1 aromatic rings. The highest BCUT2D eigenvalue weighted by molar-refractivity contribution is 7.89. The molecule has 4 atom stereocenters. The van der Waals surface area contributed by atoms with E-state index in [1.165, 1.54) is 0 Å². The summed E-state index contributed by atoms with van der Waals surface area (Å²) in [6.07, 6.45) is 3.14. The average Bonchev–Trinajstić information content (AvgIpc) is 2.79. The van der Waals surface area contributed by atoms with Crippen molar-refractivity contribution in [3.8, 4) is 0 Å². The monoisotopic (exact) mass is 310 g/mol. The van der Waals surface area contributed by atoms with Crippen LogP contribution in [0.15, 0.2) is 29.2 Å². The van der Waals surface area contributed by atoms with Gasteiger partial charge in [0.15, 0.2) is 0 Å². The fourth-order valence-corrected chi connectivity index (χ4v) is 4.64. The van der Waals surface area contributed by atoms with Crippen LogP contribution in [0.5, 0.6) is 0 Å². The Morgan fingerprint density at radius 3 is 2.67 bits per heavy atom. The molecule has 0 saturated heterocycles. The fourth-order valence-electron chi connectivity index (χ4n) is 3.22. The minimum absolute atomic E-state index is 0.0407. The molecular formula is C16H26N2O2S. The van der Waals surface area contributed by atoms with E-state index in [1.807, 2.05) is 13.0 Å². The van der Waals surface area contributed by atoms with E-state index in [0.717, 1.165) is 24.8 Å². The van der Waals surface area contributed by atoms with Gasteiger partial charge in [-0.2, -0.15) is 0 Å². The smallest absolute Gasteiger partial charge is 0.240 e. The van der Waals surface area contributed by atoms with Gasteiger partial charge in [0, 0.05) is 12.1 Å². The molecule has 0 amide bonds. The van der Waals surface area contributed by atoms with Crippen LogP contribution in [0.3, 0.4) is 0 Å². The Morgan fingerprint density at radius 1 is 1.38 bits per heavy atom. The molecule has 4 unspecified atom stereocenters. The maximum atomic E-state index is 12.6. The van der Waals surface area contributed by atoms with Crippen LogP contribution in [0.1, 0.15) is 51.6 Å². The van der Waals surface area contributed by atoms with Gasteiger partial charge in [0.2, 0.25) is 10.0 Å². The van der Waals surface area contributed by atoms with Gasteiger partial charge < -0.3 is 5.73 Å². The van der Waals surface area contributed by atoms with Gasteiger partial charge in [-0.3, -0.25) is 0 Å². The van der Waals surface area contributed by atoms with Gasteiger partial charge in [0.1, 0.15) is 0 Å². The molecule has 4 nitrogen and oxygen atoms in total. The molecule has 0 spiro atoms. The van der Waals surface area contributed by atoms with Gasteiger partial charge in [-0.05, 0) is 49.3 Å². The third-order valence-electron chi connectivity index (χ3n) is 4.75. The average molecular weight is 310 g/mol. The number of benzene rings is 1. The lowest BCUT2D eigenvalue weighted by molar-refractivity contribution is 0.368. The molecule has 1 aromatic carbocycles. The highest BCUT2D eigenvalue weighted by Crippen LogP contribution is 2.34. The second kappa shape index (κ2) is 6.46. The fraction of sp³-hybridized carbons (Fsp3) is 0.625. The summed E-state index contributed by atoms with van der Waals surface area (Å²) in [6.45, 7) is 6.17. The largest absolute Gasteiger partial charge is 0.324 e. The molecule has 118 valence electrons. The molecule has 0 aromatic heterocycles. The van der Waals surface area contributed by atoms with Crippen LogP contribution < -0.4 is 10.5 Å². The molecule has 1 saturated carbocycles. The van der Waals surface area contributed by atoms with Crippen LogP contribution in [0, 0.1) is 11.8 Å². The molecule has 3 N–H and O–H groups in total.